The number of ether oxygens (including phenoxy) is 1. The fourth-order valence-electron chi connectivity index (χ4n) is 2.63. The van der Waals surface area contributed by atoms with Crippen molar-refractivity contribution in [1.29, 1.82) is 0 Å². The van der Waals surface area contributed by atoms with Gasteiger partial charge in [0.15, 0.2) is 0 Å². The second-order valence-corrected chi connectivity index (χ2v) is 5.58. The predicted octanol–water partition coefficient (Wildman–Crippen LogP) is 4.55. The van der Waals surface area contributed by atoms with Gasteiger partial charge in [0.25, 0.3) is 0 Å². The summed E-state index contributed by atoms with van der Waals surface area (Å²) in [5, 5.41) is 9.69. The first-order chi connectivity index (χ1) is 11.3. The van der Waals surface area contributed by atoms with Crippen LogP contribution in [0.15, 0.2) is 54.1 Å². The molecular formula is C17H10ClF3O3. The van der Waals surface area contributed by atoms with E-state index in [2.05, 4.69) is 0 Å². The molecule has 0 unspecified atom stereocenters. The van der Waals surface area contributed by atoms with Gasteiger partial charge < -0.3 is 9.84 Å². The minimum Gasteiger partial charge on any atom is -0.478 e. The summed E-state index contributed by atoms with van der Waals surface area (Å²) in [5.74, 6) is -1.76. The highest BCUT2D eigenvalue weighted by Crippen LogP contribution is 2.44. The number of carboxylic acid groups (broad SMARTS) is 1. The Morgan fingerprint density at radius 1 is 1.12 bits per heavy atom. The van der Waals surface area contributed by atoms with Crippen molar-refractivity contribution in [3.63, 3.8) is 0 Å². The van der Waals surface area contributed by atoms with Crippen molar-refractivity contribution in [2.45, 2.75) is 12.3 Å². The summed E-state index contributed by atoms with van der Waals surface area (Å²) in [4.78, 5) is 11.6. The van der Waals surface area contributed by atoms with Gasteiger partial charge in [0.05, 0.1) is 5.57 Å². The molecule has 0 bridgehead atoms. The first-order valence-electron chi connectivity index (χ1n) is 6.85. The van der Waals surface area contributed by atoms with Crippen molar-refractivity contribution in [2.75, 3.05) is 0 Å². The molecule has 0 aliphatic carbocycles. The summed E-state index contributed by atoms with van der Waals surface area (Å²) in [5.41, 5.74) is -0.347. The van der Waals surface area contributed by atoms with Crippen LogP contribution in [0.25, 0.3) is 5.57 Å². The minimum atomic E-state index is -4.87. The first-order valence-corrected chi connectivity index (χ1v) is 7.23. The molecule has 2 aromatic rings. The zero-order valence-electron chi connectivity index (χ0n) is 12.0. The van der Waals surface area contributed by atoms with Gasteiger partial charge in [-0.15, -0.1) is 0 Å². The number of halogens is 4. The standard InChI is InChI=1S/C17H10ClF3O3/c18-10-6-7-12-11(8-10)13(9-4-2-1-3-5-9)14(16(22)23)15(24-12)17(19,20)21/h1-8,15H,(H,22,23)/t15-/m0/s1. The van der Waals surface area contributed by atoms with Crippen LogP contribution < -0.4 is 4.74 Å². The maximum Gasteiger partial charge on any atom is 0.430 e. The summed E-state index contributed by atoms with van der Waals surface area (Å²) >= 11 is 5.94. The van der Waals surface area contributed by atoms with E-state index in [4.69, 9.17) is 16.3 Å². The van der Waals surface area contributed by atoms with Crippen molar-refractivity contribution < 1.29 is 27.8 Å². The molecule has 3 nitrogen and oxygen atoms in total. The van der Waals surface area contributed by atoms with Gasteiger partial charge in [-0.1, -0.05) is 41.9 Å². The van der Waals surface area contributed by atoms with Crippen LogP contribution in [0.1, 0.15) is 11.1 Å². The molecule has 0 radical (unpaired) electrons. The molecule has 2 aromatic carbocycles. The number of hydrogen-bond donors (Lipinski definition) is 1. The van der Waals surface area contributed by atoms with Crippen LogP contribution >= 0.6 is 11.6 Å². The molecule has 0 spiro atoms. The van der Waals surface area contributed by atoms with Crippen molar-refractivity contribution in [1.82, 2.24) is 0 Å². The SMILES string of the molecule is O=C(O)C1=C(c2ccccc2)c2cc(Cl)ccc2O[C@@H]1C(F)(F)F. The van der Waals surface area contributed by atoms with Gasteiger partial charge in [0.2, 0.25) is 6.10 Å². The summed E-state index contributed by atoms with van der Waals surface area (Å²) in [7, 11) is 0. The molecule has 3 rings (SSSR count). The fourth-order valence-corrected chi connectivity index (χ4v) is 2.80. The van der Waals surface area contributed by atoms with Crippen LogP contribution in [0.3, 0.4) is 0 Å². The van der Waals surface area contributed by atoms with Crippen LogP contribution in [0.5, 0.6) is 5.75 Å². The Labute approximate surface area is 139 Å². The van der Waals surface area contributed by atoms with E-state index in [1.165, 1.54) is 18.2 Å². The van der Waals surface area contributed by atoms with Gasteiger partial charge in [-0.3, -0.25) is 0 Å². The molecule has 124 valence electrons. The Morgan fingerprint density at radius 3 is 2.38 bits per heavy atom. The van der Waals surface area contributed by atoms with E-state index in [1.807, 2.05) is 0 Å². The van der Waals surface area contributed by atoms with Crippen LogP contribution in [-0.4, -0.2) is 23.4 Å². The van der Waals surface area contributed by atoms with Crippen molar-refractivity contribution in [3.8, 4) is 5.75 Å². The third-order valence-electron chi connectivity index (χ3n) is 3.58. The number of carboxylic acids is 1. The lowest BCUT2D eigenvalue weighted by Crippen LogP contribution is -2.41. The molecule has 0 saturated heterocycles. The maximum absolute atomic E-state index is 13.4. The van der Waals surface area contributed by atoms with Crippen LogP contribution in [0.2, 0.25) is 5.02 Å². The molecule has 1 aliphatic rings. The lowest BCUT2D eigenvalue weighted by Gasteiger charge is -2.30. The zero-order valence-corrected chi connectivity index (χ0v) is 12.7. The average molecular weight is 355 g/mol. The highest BCUT2D eigenvalue weighted by molar-refractivity contribution is 6.31. The monoisotopic (exact) mass is 354 g/mol. The number of fused-ring (bicyclic) bond motifs is 1. The second kappa shape index (κ2) is 5.87. The number of alkyl halides is 3. The van der Waals surface area contributed by atoms with Gasteiger partial charge in [0, 0.05) is 16.2 Å². The van der Waals surface area contributed by atoms with Crippen molar-refractivity contribution >= 4 is 23.1 Å². The number of aliphatic carboxylic acids is 1. The molecule has 0 fully saturated rings. The van der Waals surface area contributed by atoms with E-state index >= 15 is 0 Å². The van der Waals surface area contributed by atoms with Gasteiger partial charge in [-0.25, -0.2) is 4.79 Å². The summed E-state index contributed by atoms with van der Waals surface area (Å²) in [6.07, 6.45) is -7.43. The molecule has 0 amide bonds. The van der Waals surface area contributed by atoms with Gasteiger partial charge >= 0.3 is 12.1 Å². The number of benzene rings is 2. The molecule has 24 heavy (non-hydrogen) atoms. The van der Waals surface area contributed by atoms with Crippen molar-refractivity contribution in [2.24, 2.45) is 0 Å². The third-order valence-corrected chi connectivity index (χ3v) is 3.81. The Morgan fingerprint density at radius 2 is 1.79 bits per heavy atom. The average Bonchev–Trinajstić information content (AvgIpc) is 2.52. The Bertz CT molecular complexity index is 829. The summed E-state index contributed by atoms with van der Waals surface area (Å²) < 4.78 is 45.1. The number of carbonyl (C=O) groups is 1. The molecular weight excluding hydrogens is 345 g/mol. The van der Waals surface area contributed by atoms with Gasteiger partial charge in [0.1, 0.15) is 5.75 Å². The largest absolute Gasteiger partial charge is 0.478 e. The fraction of sp³-hybridized carbons (Fsp3) is 0.118. The molecule has 1 N–H and O–H groups in total. The van der Waals surface area contributed by atoms with E-state index in [-0.39, 0.29) is 21.9 Å². The van der Waals surface area contributed by atoms with E-state index in [9.17, 15) is 23.1 Å². The van der Waals surface area contributed by atoms with E-state index in [0.717, 1.165) is 0 Å². The lowest BCUT2D eigenvalue weighted by atomic mass is 9.87. The second-order valence-electron chi connectivity index (χ2n) is 5.14. The molecule has 7 heteroatoms. The number of hydrogen-bond acceptors (Lipinski definition) is 2. The molecule has 0 aromatic heterocycles. The maximum atomic E-state index is 13.4. The third kappa shape index (κ3) is 2.85. The van der Waals surface area contributed by atoms with E-state index in [1.54, 1.807) is 30.3 Å². The molecule has 0 saturated carbocycles. The number of rotatable bonds is 2. The minimum absolute atomic E-state index is 0.0471. The quantitative estimate of drug-likeness (QED) is 0.860. The van der Waals surface area contributed by atoms with Crippen LogP contribution in [-0.2, 0) is 4.79 Å². The van der Waals surface area contributed by atoms with Gasteiger partial charge in [-0.05, 0) is 23.8 Å². The lowest BCUT2D eigenvalue weighted by molar-refractivity contribution is -0.187. The summed E-state index contributed by atoms with van der Waals surface area (Å²) in [6.45, 7) is 0. The van der Waals surface area contributed by atoms with Gasteiger partial charge in [-0.2, -0.15) is 13.2 Å². The normalized spacial score (nSPS) is 17.2. The Hall–Kier alpha value is -2.47. The van der Waals surface area contributed by atoms with Crippen LogP contribution in [0, 0.1) is 0 Å². The first kappa shape index (κ1) is 16.4. The topological polar surface area (TPSA) is 46.5 Å². The Balaban J connectivity index is 2.37. The molecule has 1 heterocycles. The smallest absolute Gasteiger partial charge is 0.430 e. The van der Waals surface area contributed by atoms with Crippen LogP contribution in [0.4, 0.5) is 13.2 Å². The summed E-state index contributed by atoms with van der Waals surface area (Å²) in [6, 6.07) is 12.1. The van der Waals surface area contributed by atoms with Crippen molar-refractivity contribution in [3.05, 3.63) is 70.3 Å². The highest BCUT2D eigenvalue weighted by Gasteiger charge is 2.50. The Kier molecular flexibility index (Phi) is 4.01. The van der Waals surface area contributed by atoms with E-state index < -0.39 is 23.8 Å². The van der Waals surface area contributed by atoms with E-state index in [0.29, 0.717) is 5.56 Å². The zero-order chi connectivity index (χ0) is 17.5. The highest BCUT2D eigenvalue weighted by atomic mass is 35.5. The predicted molar refractivity (Wildman–Crippen MR) is 82.0 cm³/mol. The molecule has 1 aliphatic heterocycles. The molecule has 1 atom stereocenters.